The maximum atomic E-state index is 9.52. The molecule has 0 saturated carbocycles. The average molecular weight is 432 g/mol. The van der Waals surface area contributed by atoms with Crippen LogP contribution in [0, 0.1) is 31.8 Å². The second kappa shape index (κ2) is 7.84. The van der Waals surface area contributed by atoms with Crippen LogP contribution in [0.2, 0.25) is 0 Å². The minimum absolute atomic E-state index is 0.149. The van der Waals surface area contributed by atoms with Gasteiger partial charge < -0.3 is 9.30 Å². The summed E-state index contributed by atoms with van der Waals surface area (Å²) in [4.78, 5) is 3.48. The van der Waals surface area contributed by atoms with Crippen LogP contribution in [-0.4, -0.2) is 10.2 Å². The molecule has 0 radical (unpaired) electrons. The predicted molar refractivity (Wildman–Crippen MR) is 131 cm³/mol. The number of hydrogen-bond acceptors (Lipinski definition) is 2. The van der Waals surface area contributed by atoms with Gasteiger partial charge in [0.2, 0.25) is 0 Å². The number of nitrogens with zero attached hydrogens (tertiary/aromatic N) is 3. The lowest BCUT2D eigenvalue weighted by Crippen LogP contribution is -2.36. The van der Waals surface area contributed by atoms with Gasteiger partial charge in [0.1, 0.15) is 11.4 Å². The van der Waals surface area contributed by atoms with E-state index in [2.05, 4.69) is 84.9 Å². The highest BCUT2D eigenvalue weighted by atomic mass is 16.5. The minimum atomic E-state index is -0.447. The van der Waals surface area contributed by atoms with Crippen LogP contribution in [0.15, 0.2) is 71.6 Å². The lowest BCUT2D eigenvalue weighted by Gasteiger charge is -2.35. The van der Waals surface area contributed by atoms with Crippen LogP contribution in [0.5, 0.6) is 0 Å². The molecule has 4 nitrogen and oxygen atoms in total. The smallest absolute Gasteiger partial charge is 0.265 e. The molecule has 0 unspecified atom stereocenters. The molecule has 5 rings (SSSR count). The predicted octanol–water partition coefficient (Wildman–Crippen LogP) is 6.35. The summed E-state index contributed by atoms with van der Waals surface area (Å²) in [6.07, 6.45) is 8.01. The zero-order valence-electron chi connectivity index (χ0n) is 19.1. The number of hydrogen-bond donors (Lipinski definition) is 0. The molecular weight excluding hydrogens is 406 g/mol. The number of benzene rings is 2. The molecule has 4 heteroatoms. The molecule has 0 N–H and O–H groups in total. The number of rotatable bonds is 2. The number of fused-ring (bicyclic) bond motifs is 2. The molecule has 2 aliphatic rings. The quantitative estimate of drug-likeness (QED) is 0.351. The summed E-state index contributed by atoms with van der Waals surface area (Å²) in [7, 11) is 2.10. The van der Waals surface area contributed by atoms with Gasteiger partial charge in [0.05, 0.1) is 12.6 Å². The van der Waals surface area contributed by atoms with Crippen LogP contribution in [0.3, 0.4) is 0 Å². The van der Waals surface area contributed by atoms with Crippen LogP contribution < -0.4 is 0 Å². The lowest BCUT2D eigenvalue weighted by molar-refractivity contribution is 0.0108. The van der Waals surface area contributed by atoms with E-state index >= 15 is 0 Å². The molecule has 1 aliphatic carbocycles. The van der Waals surface area contributed by atoms with Gasteiger partial charge in [0, 0.05) is 42.9 Å². The van der Waals surface area contributed by atoms with E-state index in [1.807, 2.05) is 12.2 Å². The Kier molecular flexibility index (Phi) is 4.95. The summed E-state index contributed by atoms with van der Waals surface area (Å²) in [6.45, 7) is 11.8. The molecule has 2 heterocycles. The van der Waals surface area contributed by atoms with E-state index in [1.54, 1.807) is 0 Å². The standard InChI is InChI=1S/C29H25N3O/c1-19-20(2)32(4)28-12-10-21(13-26(19)28)9-11-25-14-24(27(18-30)31-3)17-29(33-25)15-22-7-5-6-8-23(22)16-29/h5-14H,15-17H2,1-2,4H3. The number of aromatic nitrogens is 1. The highest BCUT2D eigenvalue weighted by molar-refractivity contribution is 5.87. The fourth-order valence-corrected chi connectivity index (χ4v) is 5.20. The molecule has 1 spiro atoms. The number of aryl methyl sites for hydroxylation is 2. The van der Waals surface area contributed by atoms with Crippen molar-refractivity contribution in [3.05, 3.63) is 111 Å². The van der Waals surface area contributed by atoms with Gasteiger partial charge in [-0.1, -0.05) is 36.4 Å². The van der Waals surface area contributed by atoms with Crippen LogP contribution in [0.25, 0.3) is 21.8 Å². The van der Waals surface area contributed by atoms with Crippen LogP contribution >= 0.6 is 0 Å². The number of ether oxygens (including phenoxy) is 1. The van der Waals surface area contributed by atoms with Gasteiger partial charge in [0.15, 0.2) is 0 Å². The maximum absolute atomic E-state index is 9.52. The summed E-state index contributed by atoms with van der Waals surface area (Å²) in [6, 6.07) is 16.9. The first-order chi connectivity index (χ1) is 15.9. The monoisotopic (exact) mass is 431 g/mol. The molecule has 0 atom stereocenters. The Morgan fingerprint density at radius 1 is 1.12 bits per heavy atom. The Hall–Kier alpha value is -4.02. The first-order valence-electron chi connectivity index (χ1n) is 11.1. The van der Waals surface area contributed by atoms with Crippen molar-refractivity contribution in [2.75, 3.05) is 0 Å². The third-order valence-electron chi connectivity index (χ3n) is 7.10. The second-order valence-corrected chi connectivity index (χ2v) is 9.11. The molecular formula is C29H25N3O. The Balaban J connectivity index is 1.51. The molecule has 3 aromatic rings. The molecule has 2 aromatic carbocycles. The molecule has 1 aliphatic heterocycles. The van der Waals surface area contributed by atoms with Crippen LogP contribution in [-0.2, 0) is 24.6 Å². The molecule has 1 aromatic heterocycles. The first kappa shape index (κ1) is 20.9. The Labute approximate surface area is 194 Å². The molecule has 0 amide bonds. The highest BCUT2D eigenvalue weighted by Gasteiger charge is 2.42. The van der Waals surface area contributed by atoms with E-state index in [0.29, 0.717) is 12.2 Å². The first-order valence-corrected chi connectivity index (χ1v) is 11.1. The Bertz CT molecular complexity index is 1430. The summed E-state index contributed by atoms with van der Waals surface area (Å²) in [5, 5.41) is 10.8. The van der Waals surface area contributed by atoms with Crippen molar-refractivity contribution in [2.24, 2.45) is 7.05 Å². The SMILES string of the molecule is [C-]#[N+]C(C#N)=C1C=C(C=Cc2ccc3c(c2)c(C)c(C)n3C)OC2(C1)Cc1ccccc1C2. The van der Waals surface area contributed by atoms with Crippen molar-refractivity contribution in [3.8, 4) is 6.07 Å². The van der Waals surface area contributed by atoms with E-state index < -0.39 is 5.60 Å². The average Bonchev–Trinajstić information content (AvgIpc) is 3.27. The maximum Gasteiger partial charge on any atom is 0.265 e. The van der Waals surface area contributed by atoms with Crippen LogP contribution in [0.4, 0.5) is 0 Å². The zero-order valence-corrected chi connectivity index (χ0v) is 19.1. The van der Waals surface area contributed by atoms with Crippen molar-refractivity contribution in [1.29, 1.82) is 5.26 Å². The zero-order chi connectivity index (χ0) is 23.2. The van der Waals surface area contributed by atoms with Gasteiger partial charge in [-0.15, -0.1) is 0 Å². The van der Waals surface area contributed by atoms with Gasteiger partial charge in [-0.2, -0.15) is 0 Å². The van der Waals surface area contributed by atoms with E-state index in [4.69, 9.17) is 11.3 Å². The Morgan fingerprint density at radius 3 is 2.52 bits per heavy atom. The molecule has 0 bridgehead atoms. The van der Waals surface area contributed by atoms with E-state index in [-0.39, 0.29) is 5.70 Å². The summed E-state index contributed by atoms with van der Waals surface area (Å²) in [5.74, 6) is 0.696. The summed E-state index contributed by atoms with van der Waals surface area (Å²) in [5.41, 5.74) is 7.90. The molecule has 0 fully saturated rings. The third-order valence-corrected chi connectivity index (χ3v) is 7.10. The van der Waals surface area contributed by atoms with Crippen LogP contribution in [0.1, 0.15) is 34.4 Å². The highest BCUT2D eigenvalue weighted by Crippen LogP contribution is 2.43. The van der Waals surface area contributed by atoms with Crippen molar-refractivity contribution >= 4 is 17.0 Å². The van der Waals surface area contributed by atoms with Gasteiger partial charge in [-0.25, -0.2) is 10.1 Å². The molecule has 33 heavy (non-hydrogen) atoms. The van der Waals surface area contributed by atoms with Crippen molar-refractivity contribution in [1.82, 2.24) is 4.57 Å². The second-order valence-electron chi connectivity index (χ2n) is 9.11. The van der Waals surface area contributed by atoms with Crippen molar-refractivity contribution < 1.29 is 4.74 Å². The number of allylic oxidation sites excluding steroid dienone is 3. The van der Waals surface area contributed by atoms with Crippen molar-refractivity contribution in [2.45, 2.75) is 38.7 Å². The van der Waals surface area contributed by atoms with Gasteiger partial charge in [0.25, 0.3) is 5.70 Å². The Morgan fingerprint density at radius 2 is 1.85 bits per heavy atom. The molecule has 0 saturated heterocycles. The van der Waals surface area contributed by atoms with E-state index in [0.717, 1.165) is 24.0 Å². The topological polar surface area (TPSA) is 42.3 Å². The lowest BCUT2D eigenvalue weighted by atomic mass is 9.87. The fourth-order valence-electron chi connectivity index (χ4n) is 5.20. The fraction of sp³-hybridized carbons (Fsp3) is 0.241. The number of nitriles is 1. The largest absolute Gasteiger partial charge is 0.486 e. The van der Waals surface area contributed by atoms with E-state index in [9.17, 15) is 5.26 Å². The van der Waals surface area contributed by atoms with Gasteiger partial charge >= 0.3 is 0 Å². The van der Waals surface area contributed by atoms with E-state index in [1.165, 1.54) is 33.3 Å². The summed E-state index contributed by atoms with van der Waals surface area (Å²) < 4.78 is 8.79. The van der Waals surface area contributed by atoms with Gasteiger partial charge in [-0.05, 0) is 66.0 Å². The molecule has 162 valence electrons. The van der Waals surface area contributed by atoms with Crippen molar-refractivity contribution in [3.63, 3.8) is 0 Å². The normalized spacial score (nSPS) is 18.0. The third kappa shape index (κ3) is 3.55. The summed E-state index contributed by atoms with van der Waals surface area (Å²) >= 11 is 0. The minimum Gasteiger partial charge on any atom is -0.486 e. The van der Waals surface area contributed by atoms with Gasteiger partial charge in [-0.3, -0.25) is 0 Å².